The van der Waals surface area contributed by atoms with E-state index in [1.165, 1.54) is 5.56 Å². The van der Waals surface area contributed by atoms with Crippen LogP contribution in [-0.2, 0) is 4.74 Å². The van der Waals surface area contributed by atoms with Crippen LogP contribution in [0.4, 0.5) is 4.79 Å². The van der Waals surface area contributed by atoms with Gasteiger partial charge in [0.15, 0.2) is 0 Å². The summed E-state index contributed by atoms with van der Waals surface area (Å²) in [6, 6.07) is 18.1. The highest BCUT2D eigenvalue weighted by atomic mass is 35.5. The monoisotopic (exact) mass is 541 g/mol. The van der Waals surface area contributed by atoms with E-state index in [1.807, 2.05) is 12.1 Å². The summed E-state index contributed by atoms with van der Waals surface area (Å²) in [5.41, 5.74) is 2.35. The number of carboxylic acid groups (broad SMARTS) is 1. The molecule has 1 amide bonds. The van der Waals surface area contributed by atoms with Gasteiger partial charge in [-0.05, 0) is 73.2 Å². The van der Waals surface area contributed by atoms with Gasteiger partial charge in [0.05, 0.1) is 11.6 Å². The molecule has 2 N–H and O–H groups in total. The minimum absolute atomic E-state index is 0.118. The highest BCUT2D eigenvalue weighted by molar-refractivity contribution is 6.32. The van der Waals surface area contributed by atoms with Crippen LogP contribution in [-0.4, -0.2) is 29.8 Å². The van der Waals surface area contributed by atoms with Gasteiger partial charge in [0.25, 0.3) is 5.91 Å². The SMILES string of the molecule is O=C(O)OC1CCOc2cc(Oc3ccc(C(=O)NC4CCC(c5ccc(Cl)cc5)C4)cc3)c(Cl)cc21. The van der Waals surface area contributed by atoms with Gasteiger partial charge in [-0.1, -0.05) is 35.3 Å². The molecule has 0 saturated heterocycles. The second-order valence-corrected chi connectivity index (χ2v) is 10.0. The number of fused-ring (bicyclic) bond motifs is 1. The highest BCUT2D eigenvalue weighted by Gasteiger charge is 2.28. The van der Waals surface area contributed by atoms with Gasteiger partial charge in [-0.15, -0.1) is 0 Å². The van der Waals surface area contributed by atoms with Gasteiger partial charge >= 0.3 is 6.16 Å². The minimum atomic E-state index is -1.35. The number of benzene rings is 3. The van der Waals surface area contributed by atoms with E-state index in [4.69, 9.17) is 42.5 Å². The molecule has 3 atom stereocenters. The van der Waals surface area contributed by atoms with Gasteiger partial charge in [0, 0.05) is 34.7 Å². The summed E-state index contributed by atoms with van der Waals surface area (Å²) >= 11 is 12.4. The molecule has 37 heavy (non-hydrogen) atoms. The third kappa shape index (κ3) is 5.95. The maximum Gasteiger partial charge on any atom is 0.506 e. The number of carbonyl (C=O) groups is 2. The Hall–Kier alpha value is -3.42. The summed E-state index contributed by atoms with van der Waals surface area (Å²) in [5.74, 6) is 1.60. The average Bonchev–Trinajstić information content (AvgIpc) is 3.34. The quantitative estimate of drug-likeness (QED) is 0.316. The molecular formula is C28H25Cl2NO6. The molecule has 0 spiro atoms. The van der Waals surface area contributed by atoms with Crippen LogP contribution in [0.5, 0.6) is 17.2 Å². The molecule has 3 aromatic rings. The molecule has 2 aliphatic rings. The van der Waals surface area contributed by atoms with Crippen molar-refractivity contribution in [2.75, 3.05) is 6.61 Å². The maximum atomic E-state index is 12.8. The molecule has 9 heteroatoms. The molecule has 1 saturated carbocycles. The van der Waals surface area contributed by atoms with Gasteiger partial charge in [-0.3, -0.25) is 4.79 Å². The van der Waals surface area contributed by atoms with Crippen molar-refractivity contribution in [3.05, 3.63) is 87.4 Å². The number of hydrogen-bond acceptors (Lipinski definition) is 5. The lowest BCUT2D eigenvalue weighted by molar-refractivity contribution is 0.0326. The molecule has 0 aromatic heterocycles. The third-order valence-electron chi connectivity index (χ3n) is 6.75. The number of nitrogens with one attached hydrogen (secondary N) is 1. The van der Waals surface area contributed by atoms with Crippen LogP contribution in [0.2, 0.25) is 10.0 Å². The van der Waals surface area contributed by atoms with E-state index < -0.39 is 12.3 Å². The average molecular weight is 542 g/mol. The highest BCUT2D eigenvalue weighted by Crippen LogP contribution is 2.42. The van der Waals surface area contributed by atoms with Crippen LogP contribution < -0.4 is 14.8 Å². The van der Waals surface area contributed by atoms with Gasteiger partial charge in [0.2, 0.25) is 0 Å². The van der Waals surface area contributed by atoms with Crippen molar-refractivity contribution in [2.24, 2.45) is 0 Å². The van der Waals surface area contributed by atoms with E-state index in [9.17, 15) is 9.59 Å². The molecule has 3 aromatic carbocycles. The van der Waals surface area contributed by atoms with Gasteiger partial charge < -0.3 is 24.6 Å². The Morgan fingerprint density at radius 3 is 2.46 bits per heavy atom. The smallest absolute Gasteiger partial charge is 0.493 e. The van der Waals surface area contributed by atoms with Gasteiger partial charge in [-0.2, -0.15) is 0 Å². The normalized spacial score (nSPS) is 20.4. The Labute approximate surface area is 224 Å². The molecule has 192 valence electrons. The number of hydrogen-bond donors (Lipinski definition) is 2. The maximum absolute atomic E-state index is 12.8. The molecule has 1 aliphatic heterocycles. The van der Waals surface area contributed by atoms with Crippen molar-refractivity contribution in [3.63, 3.8) is 0 Å². The van der Waals surface area contributed by atoms with E-state index >= 15 is 0 Å². The lowest BCUT2D eigenvalue weighted by Gasteiger charge is -2.25. The molecule has 1 fully saturated rings. The second kappa shape index (κ2) is 10.9. The van der Waals surface area contributed by atoms with Crippen molar-refractivity contribution >= 4 is 35.3 Å². The first kappa shape index (κ1) is 25.2. The van der Waals surface area contributed by atoms with Crippen LogP contribution >= 0.6 is 23.2 Å². The Balaban J connectivity index is 1.20. The first-order valence-corrected chi connectivity index (χ1v) is 12.8. The molecule has 5 rings (SSSR count). The topological polar surface area (TPSA) is 94.1 Å². The van der Waals surface area contributed by atoms with Crippen LogP contribution in [0.25, 0.3) is 0 Å². The summed E-state index contributed by atoms with van der Waals surface area (Å²) in [4.78, 5) is 23.8. The number of halogens is 2. The largest absolute Gasteiger partial charge is 0.506 e. The van der Waals surface area contributed by atoms with Crippen LogP contribution in [0.15, 0.2) is 60.7 Å². The fraction of sp³-hybridized carbons (Fsp3) is 0.286. The van der Waals surface area contributed by atoms with Crippen LogP contribution in [0, 0.1) is 0 Å². The molecule has 1 heterocycles. The Morgan fingerprint density at radius 1 is 0.973 bits per heavy atom. The first-order chi connectivity index (χ1) is 17.9. The van der Waals surface area contributed by atoms with Gasteiger partial charge in [-0.25, -0.2) is 4.79 Å². The molecule has 7 nitrogen and oxygen atoms in total. The zero-order valence-electron chi connectivity index (χ0n) is 19.8. The minimum Gasteiger partial charge on any atom is -0.493 e. The number of carbonyl (C=O) groups excluding carboxylic acids is 1. The summed E-state index contributed by atoms with van der Waals surface area (Å²) in [7, 11) is 0. The van der Waals surface area contributed by atoms with Crippen LogP contribution in [0.3, 0.4) is 0 Å². The van der Waals surface area contributed by atoms with Crippen molar-refractivity contribution < 1.29 is 28.9 Å². The number of ether oxygens (including phenoxy) is 3. The lowest BCUT2D eigenvalue weighted by Crippen LogP contribution is -2.32. The standard InChI is InChI=1S/C28H25Cl2NO6/c29-19-6-1-16(2-7-19)18-3-8-20(13-18)31-27(32)17-4-9-21(10-5-17)36-26-15-25-22(14-23(26)30)24(11-12-35-25)37-28(33)34/h1-2,4-7,9-10,14-15,18,20,24H,3,8,11-13H2,(H,31,32)(H,33,34). The number of amides is 1. The van der Waals surface area contributed by atoms with E-state index in [0.29, 0.717) is 52.3 Å². The number of rotatable bonds is 6. The van der Waals surface area contributed by atoms with Gasteiger partial charge in [0.1, 0.15) is 23.4 Å². The Morgan fingerprint density at radius 2 is 1.73 bits per heavy atom. The fourth-order valence-electron chi connectivity index (χ4n) is 4.90. The summed E-state index contributed by atoms with van der Waals surface area (Å²) in [5, 5.41) is 13.1. The predicted octanol–water partition coefficient (Wildman–Crippen LogP) is 7.37. The van der Waals surface area contributed by atoms with E-state index in [-0.39, 0.29) is 11.9 Å². The van der Waals surface area contributed by atoms with Crippen molar-refractivity contribution in [1.29, 1.82) is 0 Å². The third-order valence-corrected chi connectivity index (χ3v) is 7.29. The molecular weight excluding hydrogens is 517 g/mol. The van der Waals surface area contributed by atoms with E-state index in [2.05, 4.69) is 17.4 Å². The summed E-state index contributed by atoms with van der Waals surface area (Å²) in [6.07, 6.45) is 1.25. The first-order valence-electron chi connectivity index (χ1n) is 12.1. The predicted molar refractivity (Wildman–Crippen MR) is 139 cm³/mol. The molecule has 1 aliphatic carbocycles. The van der Waals surface area contributed by atoms with Crippen molar-refractivity contribution in [3.8, 4) is 17.2 Å². The Bertz CT molecular complexity index is 1300. The zero-order valence-corrected chi connectivity index (χ0v) is 21.3. The molecule has 0 radical (unpaired) electrons. The lowest BCUT2D eigenvalue weighted by atomic mass is 9.97. The van der Waals surface area contributed by atoms with Crippen LogP contribution in [0.1, 0.15) is 59.2 Å². The second-order valence-electron chi connectivity index (χ2n) is 9.19. The summed E-state index contributed by atoms with van der Waals surface area (Å²) in [6.45, 7) is 0.317. The van der Waals surface area contributed by atoms with E-state index in [1.54, 1.807) is 36.4 Å². The molecule has 3 unspecified atom stereocenters. The Kier molecular flexibility index (Phi) is 7.44. The summed E-state index contributed by atoms with van der Waals surface area (Å²) < 4.78 is 16.5. The van der Waals surface area contributed by atoms with E-state index in [0.717, 1.165) is 24.3 Å². The zero-order chi connectivity index (χ0) is 25.9. The fourth-order valence-corrected chi connectivity index (χ4v) is 5.24. The van der Waals surface area contributed by atoms with Crippen molar-refractivity contribution in [1.82, 2.24) is 5.32 Å². The van der Waals surface area contributed by atoms with Crippen molar-refractivity contribution in [2.45, 2.75) is 43.7 Å². The molecule has 0 bridgehead atoms.